The van der Waals surface area contributed by atoms with Gasteiger partial charge in [0.1, 0.15) is 11.6 Å². The van der Waals surface area contributed by atoms with Crippen LogP contribution in [0.1, 0.15) is 26.2 Å². The lowest BCUT2D eigenvalue weighted by Gasteiger charge is -2.14. The molecule has 2 rings (SSSR count). The summed E-state index contributed by atoms with van der Waals surface area (Å²) < 4.78 is 53.0. The van der Waals surface area contributed by atoms with E-state index in [0.29, 0.717) is 25.5 Å². The number of sulfonamides is 1. The van der Waals surface area contributed by atoms with Crippen LogP contribution in [0, 0.1) is 11.6 Å². The third-order valence-corrected chi connectivity index (χ3v) is 4.91. The monoisotopic (exact) mass is 383 g/mol. The van der Waals surface area contributed by atoms with Crippen LogP contribution >= 0.6 is 12.4 Å². The Hall–Kier alpha value is -1.45. The fourth-order valence-corrected chi connectivity index (χ4v) is 3.47. The average Bonchev–Trinajstić information content (AvgIpc) is 2.97. The van der Waals surface area contributed by atoms with E-state index in [1.807, 2.05) is 0 Å². The number of benzene rings is 1. The first-order valence-electron chi connectivity index (χ1n) is 7.36. The van der Waals surface area contributed by atoms with Crippen molar-refractivity contribution in [2.24, 2.45) is 0 Å². The highest BCUT2D eigenvalue weighted by Crippen LogP contribution is 2.25. The zero-order chi connectivity index (χ0) is 17.0. The second-order valence-corrected chi connectivity index (χ2v) is 7.21. The molecule has 0 saturated carbocycles. The number of rotatable bonds is 6. The van der Waals surface area contributed by atoms with Gasteiger partial charge >= 0.3 is 0 Å². The van der Waals surface area contributed by atoms with Crippen molar-refractivity contribution in [2.45, 2.75) is 32.2 Å². The van der Waals surface area contributed by atoms with Crippen LogP contribution < -0.4 is 15.4 Å². The highest BCUT2D eigenvalue weighted by Gasteiger charge is 2.23. The quantitative estimate of drug-likeness (QED) is 0.703. The smallest absolute Gasteiger partial charge is 0.241 e. The molecular formula is C14H20ClF2N3O3S. The summed E-state index contributed by atoms with van der Waals surface area (Å²) in [5.41, 5.74) is -0.658. The number of carbonyl (C=O) groups is 1. The van der Waals surface area contributed by atoms with Crippen LogP contribution in [0.4, 0.5) is 20.2 Å². The summed E-state index contributed by atoms with van der Waals surface area (Å²) in [6.07, 6.45) is 1.83. The molecule has 3 N–H and O–H groups in total. The van der Waals surface area contributed by atoms with Gasteiger partial charge in [0, 0.05) is 6.07 Å². The number of carbonyl (C=O) groups excluding carboxylic acids is 1. The van der Waals surface area contributed by atoms with E-state index < -0.39 is 39.3 Å². The lowest BCUT2D eigenvalue weighted by Crippen LogP contribution is -2.35. The summed E-state index contributed by atoms with van der Waals surface area (Å²) in [6, 6.07) is 1.06. The Labute approximate surface area is 145 Å². The van der Waals surface area contributed by atoms with Gasteiger partial charge in [0.25, 0.3) is 0 Å². The number of amides is 1. The van der Waals surface area contributed by atoms with Gasteiger partial charge in [-0.2, -0.15) is 0 Å². The Morgan fingerprint density at radius 3 is 2.54 bits per heavy atom. The zero-order valence-corrected chi connectivity index (χ0v) is 14.7. The Morgan fingerprint density at radius 1 is 1.29 bits per heavy atom. The van der Waals surface area contributed by atoms with Crippen molar-refractivity contribution in [1.29, 1.82) is 0 Å². The van der Waals surface area contributed by atoms with E-state index in [0.717, 1.165) is 12.5 Å². The van der Waals surface area contributed by atoms with Crippen molar-refractivity contribution in [2.75, 3.05) is 22.3 Å². The predicted octanol–water partition coefficient (Wildman–Crippen LogP) is 2.23. The molecular weight excluding hydrogens is 364 g/mol. The van der Waals surface area contributed by atoms with E-state index in [4.69, 9.17) is 0 Å². The van der Waals surface area contributed by atoms with Crippen LogP contribution in [0.15, 0.2) is 12.1 Å². The Morgan fingerprint density at radius 2 is 1.96 bits per heavy atom. The highest BCUT2D eigenvalue weighted by molar-refractivity contribution is 7.92. The molecule has 1 heterocycles. The van der Waals surface area contributed by atoms with Gasteiger partial charge in [-0.25, -0.2) is 17.2 Å². The van der Waals surface area contributed by atoms with Gasteiger partial charge in [0.05, 0.1) is 23.2 Å². The van der Waals surface area contributed by atoms with Crippen molar-refractivity contribution in [3.8, 4) is 0 Å². The summed E-state index contributed by atoms with van der Waals surface area (Å²) in [6.45, 7) is 2.37. The molecule has 1 aliphatic heterocycles. The van der Waals surface area contributed by atoms with Gasteiger partial charge in [-0.3, -0.25) is 9.52 Å². The van der Waals surface area contributed by atoms with Crippen molar-refractivity contribution >= 4 is 39.7 Å². The number of hydrogen-bond donors (Lipinski definition) is 3. The molecule has 1 aromatic carbocycles. The molecule has 1 aliphatic rings. The molecule has 0 radical (unpaired) electrons. The third kappa shape index (κ3) is 5.29. The minimum atomic E-state index is -3.72. The first kappa shape index (κ1) is 20.6. The topological polar surface area (TPSA) is 87.3 Å². The van der Waals surface area contributed by atoms with Gasteiger partial charge in [-0.05, 0) is 31.9 Å². The summed E-state index contributed by atoms with van der Waals surface area (Å²) in [5.74, 6) is -2.63. The van der Waals surface area contributed by atoms with Gasteiger partial charge in [-0.1, -0.05) is 6.92 Å². The third-order valence-electron chi connectivity index (χ3n) is 3.43. The van der Waals surface area contributed by atoms with Crippen LogP contribution in [0.2, 0.25) is 0 Å². The van der Waals surface area contributed by atoms with Crippen LogP contribution in [-0.4, -0.2) is 32.7 Å². The minimum Gasteiger partial charge on any atom is -0.322 e. The van der Waals surface area contributed by atoms with Crippen molar-refractivity contribution < 1.29 is 22.0 Å². The molecule has 0 aliphatic carbocycles. The molecule has 1 fully saturated rings. The Bertz CT molecular complexity index is 695. The maximum atomic E-state index is 13.8. The molecule has 0 bridgehead atoms. The van der Waals surface area contributed by atoms with Crippen molar-refractivity contribution in [1.82, 2.24) is 5.32 Å². The summed E-state index contributed by atoms with van der Waals surface area (Å²) in [7, 11) is -3.72. The second kappa shape index (κ2) is 8.59. The largest absolute Gasteiger partial charge is 0.322 e. The zero-order valence-electron chi connectivity index (χ0n) is 13.1. The van der Waals surface area contributed by atoms with E-state index >= 15 is 0 Å². The molecule has 1 aromatic rings. The molecule has 1 atom stereocenters. The maximum absolute atomic E-state index is 13.8. The van der Waals surface area contributed by atoms with Crippen molar-refractivity contribution in [3.05, 3.63) is 23.8 Å². The number of nitrogens with one attached hydrogen (secondary N) is 3. The number of hydrogen-bond acceptors (Lipinski definition) is 4. The molecule has 1 saturated heterocycles. The molecule has 6 nitrogen and oxygen atoms in total. The molecule has 1 unspecified atom stereocenters. The first-order chi connectivity index (χ1) is 10.8. The lowest BCUT2D eigenvalue weighted by atomic mass is 10.2. The predicted molar refractivity (Wildman–Crippen MR) is 91.0 cm³/mol. The van der Waals surface area contributed by atoms with E-state index in [-0.39, 0.29) is 23.8 Å². The summed E-state index contributed by atoms with van der Waals surface area (Å²) in [5, 5.41) is 5.32. The van der Waals surface area contributed by atoms with Crippen LogP contribution in [0.5, 0.6) is 0 Å². The molecule has 1 amide bonds. The number of halogens is 3. The summed E-state index contributed by atoms with van der Waals surface area (Å²) in [4.78, 5) is 12.0. The summed E-state index contributed by atoms with van der Waals surface area (Å²) >= 11 is 0. The fraction of sp³-hybridized carbons (Fsp3) is 0.500. The molecule has 24 heavy (non-hydrogen) atoms. The van der Waals surface area contributed by atoms with E-state index in [1.165, 1.54) is 0 Å². The molecule has 10 heteroatoms. The Kier molecular flexibility index (Phi) is 7.37. The molecule has 0 spiro atoms. The average molecular weight is 384 g/mol. The minimum absolute atomic E-state index is 0. The molecule has 0 aromatic heterocycles. The second-order valence-electron chi connectivity index (χ2n) is 5.37. The SMILES string of the molecule is CCCS(=O)(=O)Nc1cc(NC(=O)C2CCCN2)c(F)cc1F.Cl. The van der Waals surface area contributed by atoms with E-state index in [2.05, 4.69) is 15.4 Å². The van der Waals surface area contributed by atoms with Gasteiger partial charge in [0.2, 0.25) is 15.9 Å². The van der Waals surface area contributed by atoms with Crippen LogP contribution in [0.3, 0.4) is 0 Å². The highest BCUT2D eigenvalue weighted by atomic mass is 35.5. The number of anilines is 2. The van der Waals surface area contributed by atoms with Gasteiger partial charge < -0.3 is 10.6 Å². The fourth-order valence-electron chi connectivity index (χ4n) is 2.34. The first-order valence-corrected chi connectivity index (χ1v) is 9.01. The van der Waals surface area contributed by atoms with E-state index in [1.54, 1.807) is 6.92 Å². The standard InChI is InChI=1S/C14H19F2N3O3S.ClH/c1-2-6-23(21,22)19-13-8-12(9(15)7-10(13)16)18-14(20)11-4-3-5-17-11;/h7-8,11,17,19H,2-6H2,1H3,(H,18,20);1H. The van der Waals surface area contributed by atoms with Gasteiger partial charge in [-0.15, -0.1) is 12.4 Å². The maximum Gasteiger partial charge on any atom is 0.241 e. The lowest BCUT2D eigenvalue weighted by molar-refractivity contribution is -0.117. The Balaban J connectivity index is 0.00000288. The normalized spacial score (nSPS) is 17.2. The van der Waals surface area contributed by atoms with Crippen molar-refractivity contribution in [3.63, 3.8) is 0 Å². The van der Waals surface area contributed by atoms with Crippen LogP contribution in [0.25, 0.3) is 0 Å². The van der Waals surface area contributed by atoms with E-state index in [9.17, 15) is 22.0 Å². The van der Waals surface area contributed by atoms with Crippen LogP contribution in [-0.2, 0) is 14.8 Å². The van der Waals surface area contributed by atoms with Gasteiger partial charge in [0.15, 0.2) is 0 Å². The molecule has 136 valence electrons.